The molecule has 0 amide bonds. The molecule has 15 heavy (non-hydrogen) atoms. The molecule has 2 N–H and O–H groups in total. The molecular weight excluding hydrogens is 216 g/mol. The van der Waals surface area contributed by atoms with Crippen LogP contribution < -0.4 is 5.73 Å². The first-order chi connectivity index (χ1) is 7.08. The van der Waals surface area contributed by atoms with E-state index in [9.17, 15) is 8.42 Å². The van der Waals surface area contributed by atoms with E-state index in [2.05, 4.69) is 10.3 Å². The van der Waals surface area contributed by atoms with Gasteiger partial charge in [0.15, 0.2) is 15.7 Å². The summed E-state index contributed by atoms with van der Waals surface area (Å²) in [6.07, 6.45) is 4.01. The number of anilines is 1. The minimum absolute atomic E-state index is 0.293. The van der Waals surface area contributed by atoms with Crippen LogP contribution in [0.3, 0.4) is 0 Å². The van der Waals surface area contributed by atoms with E-state index in [1.165, 1.54) is 4.68 Å². The topological polar surface area (TPSA) is 90.9 Å². The minimum Gasteiger partial charge on any atom is -0.381 e. The number of nitrogens with two attached hydrogens (primary N) is 1. The van der Waals surface area contributed by atoms with E-state index in [1.54, 1.807) is 6.20 Å². The lowest BCUT2D eigenvalue weighted by Gasteiger charge is -2.21. The molecule has 2 heterocycles. The Morgan fingerprint density at radius 2 is 2.33 bits per heavy atom. The van der Waals surface area contributed by atoms with Crippen LogP contribution in [-0.4, -0.2) is 34.4 Å². The predicted molar refractivity (Wildman–Crippen MR) is 55.9 cm³/mol. The lowest BCUT2D eigenvalue weighted by Crippen LogP contribution is -2.32. The first-order valence-electron chi connectivity index (χ1n) is 4.95. The molecule has 0 radical (unpaired) electrons. The molecule has 1 aromatic heterocycles. The van der Waals surface area contributed by atoms with Gasteiger partial charge in [-0.3, -0.25) is 0 Å². The summed E-state index contributed by atoms with van der Waals surface area (Å²) in [6, 6.07) is 0. The van der Waals surface area contributed by atoms with Crippen LogP contribution in [0.5, 0.6) is 0 Å². The van der Waals surface area contributed by atoms with Crippen LogP contribution in [0.2, 0.25) is 0 Å². The number of rotatable bonds is 2. The second kappa shape index (κ2) is 3.80. The van der Waals surface area contributed by atoms with Crippen LogP contribution in [0.4, 0.5) is 5.82 Å². The van der Waals surface area contributed by atoms with Crippen molar-refractivity contribution in [2.45, 2.75) is 31.1 Å². The second-order valence-corrected chi connectivity index (χ2v) is 6.25. The highest BCUT2D eigenvalue weighted by atomic mass is 32.2. The van der Waals surface area contributed by atoms with E-state index in [0.29, 0.717) is 24.5 Å². The highest BCUT2D eigenvalue weighted by Gasteiger charge is 2.29. The Morgan fingerprint density at radius 3 is 2.93 bits per heavy atom. The van der Waals surface area contributed by atoms with Crippen molar-refractivity contribution < 1.29 is 8.42 Å². The molecule has 0 aromatic carbocycles. The molecule has 7 heteroatoms. The van der Waals surface area contributed by atoms with E-state index in [0.717, 1.165) is 12.8 Å². The number of aromatic nitrogens is 3. The standard InChI is InChI=1S/C8H14N4O2S/c9-8-6-12(11-10-8)5-7-3-1-2-4-15(7,13)14/h6-7H,1-5,9H2. The highest BCUT2D eigenvalue weighted by Crippen LogP contribution is 2.20. The van der Waals surface area contributed by atoms with Gasteiger partial charge >= 0.3 is 0 Å². The lowest BCUT2D eigenvalue weighted by molar-refractivity contribution is 0.484. The number of sulfone groups is 1. The van der Waals surface area contributed by atoms with Gasteiger partial charge in [-0.05, 0) is 12.8 Å². The molecule has 0 spiro atoms. The zero-order chi connectivity index (χ0) is 10.9. The van der Waals surface area contributed by atoms with Gasteiger partial charge in [-0.25, -0.2) is 13.1 Å². The average Bonchev–Trinajstić information content (AvgIpc) is 2.55. The molecule has 1 atom stereocenters. The van der Waals surface area contributed by atoms with Crippen LogP contribution in [0.25, 0.3) is 0 Å². The smallest absolute Gasteiger partial charge is 0.165 e. The van der Waals surface area contributed by atoms with Crippen LogP contribution in [0.1, 0.15) is 19.3 Å². The molecule has 1 aliphatic rings. The van der Waals surface area contributed by atoms with Crippen molar-refractivity contribution in [2.75, 3.05) is 11.5 Å². The fraction of sp³-hybridized carbons (Fsp3) is 0.750. The van der Waals surface area contributed by atoms with Crippen molar-refractivity contribution >= 4 is 15.7 Å². The van der Waals surface area contributed by atoms with Crippen molar-refractivity contribution in [1.82, 2.24) is 15.0 Å². The van der Waals surface area contributed by atoms with Gasteiger partial charge < -0.3 is 5.73 Å². The number of nitrogens with zero attached hydrogens (tertiary/aromatic N) is 3. The van der Waals surface area contributed by atoms with Gasteiger partial charge in [0.1, 0.15) is 0 Å². The van der Waals surface area contributed by atoms with E-state index in [-0.39, 0.29) is 5.25 Å². The van der Waals surface area contributed by atoms with Crippen molar-refractivity contribution in [2.24, 2.45) is 0 Å². The summed E-state index contributed by atoms with van der Waals surface area (Å²) in [7, 11) is -2.94. The van der Waals surface area contributed by atoms with Gasteiger partial charge in [0.25, 0.3) is 0 Å². The van der Waals surface area contributed by atoms with E-state index in [1.807, 2.05) is 0 Å². The molecule has 0 bridgehead atoms. The Bertz CT molecular complexity index is 439. The predicted octanol–water partition coefficient (Wildman–Crippen LogP) is -0.172. The van der Waals surface area contributed by atoms with E-state index >= 15 is 0 Å². The Morgan fingerprint density at radius 1 is 1.53 bits per heavy atom. The SMILES string of the molecule is Nc1cn(CC2CCCCS2(=O)=O)nn1. The van der Waals surface area contributed by atoms with Crippen molar-refractivity contribution in [3.05, 3.63) is 6.20 Å². The van der Waals surface area contributed by atoms with Crippen LogP contribution in [-0.2, 0) is 16.4 Å². The van der Waals surface area contributed by atoms with Crippen LogP contribution in [0, 0.1) is 0 Å². The largest absolute Gasteiger partial charge is 0.381 e. The molecule has 1 fully saturated rings. The molecule has 2 rings (SSSR count). The highest BCUT2D eigenvalue weighted by molar-refractivity contribution is 7.92. The molecule has 1 saturated heterocycles. The molecule has 0 saturated carbocycles. The van der Waals surface area contributed by atoms with Crippen molar-refractivity contribution in [3.8, 4) is 0 Å². The zero-order valence-electron chi connectivity index (χ0n) is 8.33. The Hall–Kier alpha value is -1.11. The molecule has 1 aromatic rings. The Kier molecular flexibility index (Phi) is 2.64. The fourth-order valence-electron chi connectivity index (χ4n) is 1.84. The molecule has 0 aliphatic carbocycles. The third-order valence-electron chi connectivity index (χ3n) is 2.66. The quantitative estimate of drug-likeness (QED) is 0.761. The third kappa shape index (κ3) is 2.28. The Labute approximate surface area is 88.4 Å². The van der Waals surface area contributed by atoms with Gasteiger partial charge in [-0.15, -0.1) is 5.10 Å². The zero-order valence-corrected chi connectivity index (χ0v) is 9.15. The van der Waals surface area contributed by atoms with Gasteiger partial charge in [0.05, 0.1) is 23.7 Å². The molecule has 6 nitrogen and oxygen atoms in total. The van der Waals surface area contributed by atoms with Gasteiger partial charge in [-0.2, -0.15) is 0 Å². The maximum atomic E-state index is 11.7. The summed E-state index contributed by atoms with van der Waals surface area (Å²) < 4.78 is 24.9. The first kappa shape index (κ1) is 10.4. The summed E-state index contributed by atoms with van der Waals surface area (Å²) >= 11 is 0. The molecule has 1 unspecified atom stereocenters. The van der Waals surface area contributed by atoms with Crippen molar-refractivity contribution in [3.63, 3.8) is 0 Å². The second-order valence-electron chi connectivity index (χ2n) is 3.85. The first-order valence-corrected chi connectivity index (χ1v) is 6.67. The maximum Gasteiger partial charge on any atom is 0.165 e. The van der Waals surface area contributed by atoms with Gasteiger partial charge in [0, 0.05) is 0 Å². The summed E-state index contributed by atoms with van der Waals surface area (Å²) in [5, 5.41) is 7.05. The fourth-order valence-corrected chi connectivity index (χ4v) is 3.68. The summed E-state index contributed by atoms with van der Waals surface area (Å²) in [5.41, 5.74) is 5.41. The molecular formula is C8H14N4O2S. The number of hydrogen-bond donors (Lipinski definition) is 1. The summed E-state index contributed by atoms with van der Waals surface area (Å²) in [6.45, 7) is 0.368. The lowest BCUT2D eigenvalue weighted by atomic mass is 10.2. The van der Waals surface area contributed by atoms with Crippen LogP contribution in [0.15, 0.2) is 6.20 Å². The van der Waals surface area contributed by atoms with E-state index < -0.39 is 9.84 Å². The average molecular weight is 230 g/mol. The Balaban J connectivity index is 2.11. The monoisotopic (exact) mass is 230 g/mol. The number of hydrogen-bond acceptors (Lipinski definition) is 5. The number of nitrogen functional groups attached to an aromatic ring is 1. The van der Waals surface area contributed by atoms with Gasteiger partial charge in [-0.1, -0.05) is 11.6 Å². The van der Waals surface area contributed by atoms with E-state index in [4.69, 9.17) is 5.73 Å². The summed E-state index contributed by atoms with van der Waals surface area (Å²) in [5.74, 6) is 0.616. The molecule has 84 valence electrons. The third-order valence-corrected chi connectivity index (χ3v) is 4.92. The minimum atomic E-state index is -2.94. The normalized spacial score (nSPS) is 25.2. The van der Waals surface area contributed by atoms with Gasteiger partial charge in [0.2, 0.25) is 0 Å². The van der Waals surface area contributed by atoms with Crippen molar-refractivity contribution in [1.29, 1.82) is 0 Å². The maximum absolute atomic E-state index is 11.7. The van der Waals surface area contributed by atoms with Crippen LogP contribution >= 0.6 is 0 Å². The summed E-state index contributed by atoms with van der Waals surface area (Å²) in [4.78, 5) is 0. The molecule has 1 aliphatic heterocycles.